The van der Waals surface area contributed by atoms with Crippen LogP contribution in [0, 0.1) is 12.8 Å². The summed E-state index contributed by atoms with van der Waals surface area (Å²) in [5.41, 5.74) is 1.58. The van der Waals surface area contributed by atoms with E-state index in [1.54, 1.807) is 13.0 Å². The second-order valence-electron chi connectivity index (χ2n) is 4.46. The smallest absolute Gasteiger partial charge is 0.240 e. The van der Waals surface area contributed by atoms with Gasteiger partial charge in [0.15, 0.2) is 0 Å². The first-order valence-electron chi connectivity index (χ1n) is 5.65. The van der Waals surface area contributed by atoms with Crippen molar-refractivity contribution in [3.05, 3.63) is 23.8 Å². The van der Waals surface area contributed by atoms with E-state index in [-0.39, 0.29) is 0 Å². The van der Waals surface area contributed by atoms with E-state index >= 15 is 0 Å². The summed E-state index contributed by atoms with van der Waals surface area (Å²) in [5.74, 6) is 0.515. The fourth-order valence-corrected chi connectivity index (χ4v) is 2.43. The molecular formula is C12H20N2O2S. The minimum absolute atomic E-state index is 0.328. The van der Waals surface area contributed by atoms with E-state index in [0.717, 1.165) is 17.8 Å². The van der Waals surface area contributed by atoms with Gasteiger partial charge in [0.2, 0.25) is 10.0 Å². The van der Waals surface area contributed by atoms with Crippen molar-refractivity contribution in [3.63, 3.8) is 0 Å². The molecule has 0 saturated heterocycles. The van der Waals surface area contributed by atoms with E-state index in [0.29, 0.717) is 10.8 Å². The highest BCUT2D eigenvalue weighted by Crippen LogP contribution is 2.20. The molecule has 0 heterocycles. The number of hydrogen-bond donors (Lipinski definition) is 2. The van der Waals surface area contributed by atoms with E-state index in [2.05, 4.69) is 23.9 Å². The van der Waals surface area contributed by atoms with E-state index in [1.165, 1.54) is 7.05 Å². The molecule has 0 amide bonds. The molecule has 0 bridgehead atoms. The Labute approximate surface area is 103 Å². The fourth-order valence-electron chi connectivity index (χ4n) is 1.43. The molecule has 17 heavy (non-hydrogen) atoms. The molecule has 0 aliphatic carbocycles. The molecule has 1 aromatic rings. The Morgan fingerprint density at radius 1 is 1.29 bits per heavy atom. The number of aryl methyl sites for hydroxylation is 1. The molecule has 0 aliphatic rings. The zero-order valence-electron chi connectivity index (χ0n) is 10.7. The first kappa shape index (κ1) is 14.0. The number of hydrogen-bond acceptors (Lipinski definition) is 3. The van der Waals surface area contributed by atoms with E-state index in [4.69, 9.17) is 0 Å². The molecule has 0 spiro atoms. The van der Waals surface area contributed by atoms with Crippen molar-refractivity contribution < 1.29 is 8.42 Å². The maximum atomic E-state index is 11.8. The minimum atomic E-state index is -3.38. The van der Waals surface area contributed by atoms with Gasteiger partial charge in [0.1, 0.15) is 0 Å². The third kappa shape index (κ3) is 3.71. The molecule has 0 radical (unpaired) electrons. The Morgan fingerprint density at radius 3 is 2.47 bits per heavy atom. The summed E-state index contributed by atoms with van der Waals surface area (Å²) in [6.45, 7) is 6.82. The quantitative estimate of drug-likeness (QED) is 0.847. The maximum absolute atomic E-state index is 11.8. The molecule has 0 unspecified atom stereocenters. The molecule has 0 aromatic heterocycles. The number of nitrogens with one attached hydrogen (secondary N) is 2. The molecule has 2 N–H and O–H groups in total. The van der Waals surface area contributed by atoms with Gasteiger partial charge in [0, 0.05) is 12.2 Å². The van der Waals surface area contributed by atoms with Crippen molar-refractivity contribution in [2.24, 2.45) is 5.92 Å². The molecular weight excluding hydrogens is 236 g/mol. The molecule has 1 rings (SSSR count). The Kier molecular flexibility index (Phi) is 4.54. The monoisotopic (exact) mass is 256 g/mol. The van der Waals surface area contributed by atoms with Crippen LogP contribution >= 0.6 is 0 Å². The van der Waals surface area contributed by atoms with Crippen LogP contribution in [-0.4, -0.2) is 22.0 Å². The second-order valence-corrected chi connectivity index (χ2v) is 6.32. The van der Waals surface area contributed by atoms with Crippen LogP contribution < -0.4 is 10.0 Å². The number of rotatable bonds is 5. The highest BCUT2D eigenvalue weighted by atomic mass is 32.2. The number of anilines is 1. The summed E-state index contributed by atoms with van der Waals surface area (Å²) in [5, 5.41) is 3.22. The predicted octanol–water partition coefficient (Wildman–Crippen LogP) is 1.97. The van der Waals surface area contributed by atoms with E-state index in [9.17, 15) is 8.42 Å². The van der Waals surface area contributed by atoms with Crippen LogP contribution in [-0.2, 0) is 10.0 Å². The fraction of sp³-hybridized carbons (Fsp3) is 0.500. The van der Waals surface area contributed by atoms with Gasteiger partial charge in [-0.1, -0.05) is 19.9 Å². The van der Waals surface area contributed by atoms with Gasteiger partial charge in [-0.15, -0.1) is 0 Å². The highest BCUT2D eigenvalue weighted by molar-refractivity contribution is 7.89. The Hall–Kier alpha value is -1.07. The summed E-state index contributed by atoms with van der Waals surface area (Å²) in [7, 11) is -1.96. The third-order valence-electron chi connectivity index (χ3n) is 2.46. The number of sulfonamides is 1. The molecule has 5 heteroatoms. The molecule has 0 fully saturated rings. The first-order valence-corrected chi connectivity index (χ1v) is 7.13. The third-order valence-corrected chi connectivity index (χ3v) is 4.02. The van der Waals surface area contributed by atoms with Gasteiger partial charge in [-0.2, -0.15) is 0 Å². The lowest BCUT2D eigenvalue weighted by Crippen LogP contribution is -2.20. The van der Waals surface area contributed by atoms with Crippen molar-refractivity contribution >= 4 is 15.7 Å². The molecule has 4 nitrogen and oxygen atoms in total. The zero-order chi connectivity index (χ0) is 13.1. The summed E-state index contributed by atoms with van der Waals surface area (Å²) >= 11 is 0. The standard InChI is InChI=1S/C12H20N2O2S/c1-9(2)8-14-11-6-5-10(3)12(7-11)17(15,16)13-4/h5-7,9,13-14H,8H2,1-4H3. The Balaban J connectivity index is 3.03. The molecule has 0 aliphatic heterocycles. The lowest BCUT2D eigenvalue weighted by Gasteiger charge is -2.12. The molecule has 0 saturated carbocycles. The van der Waals surface area contributed by atoms with Gasteiger partial charge in [0.25, 0.3) is 0 Å². The molecule has 1 aromatic carbocycles. The molecule has 0 atom stereocenters. The summed E-state index contributed by atoms with van der Waals surface area (Å²) in [4.78, 5) is 0.328. The highest BCUT2D eigenvalue weighted by Gasteiger charge is 2.14. The van der Waals surface area contributed by atoms with Gasteiger partial charge in [-0.25, -0.2) is 13.1 Å². The number of benzene rings is 1. The van der Waals surface area contributed by atoms with Crippen LogP contribution in [0.1, 0.15) is 19.4 Å². The van der Waals surface area contributed by atoms with Crippen LogP contribution in [0.3, 0.4) is 0 Å². The van der Waals surface area contributed by atoms with Crippen molar-refractivity contribution in [2.45, 2.75) is 25.7 Å². The van der Waals surface area contributed by atoms with Crippen LogP contribution in [0.25, 0.3) is 0 Å². The van der Waals surface area contributed by atoms with Crippen molar-refractivity contribution in [1.82, 2.24) is 4.72 Å². The van der Waals surface area contributed by atoms with Crippen molar-refractivity contribution in [3.8, 4) is 0 Å². The average molecular weight is 256 g/mol. The predicted molar refractivity (Wildman–Crippen MR) is 70.8 cm³/mol. The summed E-state index contributed by atoms with van der Waals surface area (Å²) in [6.07, 6.45) is 0. The SMILES string of the molecule is CNS(=O)(=O)c1cc(NCC(C)C)ccc1C. The Morgan fingerprint density at radius 2 is 1.94 bits per heavy atom. The van der Waals surface area contributed by atoms with Crippen LogP contribution in [0.4, 0.5) is 5.69 Å². The summed E-state index contributed by atoms with van der Waals surface area (Å²) < 4.78 is 25.9. The average Bonchev–Trinajstić information content (AvgIpc) is 2.27. The zero-order valence-corrected chi connectivity index (χ0v) is 11.6. The van der Waals surface area contributed by atoms with Crippen LogP contribution in [0.15, 0.2) is 23.1 Å². The van der Waals surface area contributed by atoms with Gasteiger partial charge in [-0.3, -0.25) is 0 Å². The topological polar surface area (TPSA) is 58.2 Å². The lowest BCUT2D eigenvalue weighted by atomic mass is 10.2. The maximum Gasteiger partial charge on any atom is 0.240 e. The normalized spacial score (nSPS) is 11.8. The van der Waals surface area contributed by atoms with Crippen LogP contribution in [0.5, 0.6) is 0 Å². The largest absolute Gasteiger partial charge is 0.385 e. The van der Waals surface area contributed by atoms with Gasteiger partial charge >= 0.3 is 0 Å². The second kappa shape index (κ2) is 5.51. The lowest BCUT2D eigenvalue weighted by molar-refractivity contribution is 0.587. The Bertz CT molecular complexity index is 481. The van der Waals surface area contributed by atoms with Crippen molar-refractivity contribution in [2.75, 3.05) is 18.9 Å². The summed E-state index contributed by atoms with van der Waals surface area (Å²) in [6, 6.07) is 5.38. The van der Waals surface area contributed by atoms with Crippen molar-refractivity contribution in [1.29, 1.82) is 0 Å². The van der Waals surface area contributed by atoms with Gasteiger partial charge < -0.3 is 5.32 Å². The van der Waals surface area contributed by atoms with E-state index in [1.807, 2.05) is 12.1 Å². The first-order chi connectivity index (χ1) is 7.86. The van der Waals surface area contributed by atoms with E-state index < -0.39 is 10.0 Å². The van der Waals surface area contributed by atoms with Gasteiger partial charge in [-0.05, 0) is 37.6 Å². The molecule has 96 valence electrons. The van der Waals surface area contributed by atoms with Crippen LogP contribution in [0.2, 0.25) is 0 Å². The minimum Gasteiger partial charge on any atom is -0.385 e. The van der Waals surface area contributed by atoms with Gasteiger partial charge in [0.05, 0.1) is 4.90 Å².